The predicted octanol–water partition coefficient (Wildman–Crippen LogP) is 5.84. The number of nitrogens with zero attached hydrogens (tertiary/aromatic N) is 1. The Labute approximate surface area is 209 Å². The molecule has 0 saturated carbocycles. The zero-order chi connectivity index (χ0) is 24.5. The smallest absolute Gasteiger partial charge is 0.243 e. The lowest BCUT2D eigenvalue weighted by Crippen LogP contribution is -2.51. The van der Waals surface area contributed by atoms with Crippen molar-refractivity contribution in [3.63, 3.8) is 0 Å². The molecule has 0 fully saturated rings. The van der Waals surface area contributed by atoms with E-state index >= 15 is 0 Å². The number of carbonyl (C=O) groups is 2. The topological polar surface area (TPSA) is 49.4 Å². The molecule has 3 rings (SSSR count). The molecular formula is C27H27Cl2FN2O2. The van der Waals surface area contributed by atoms with E-state index in [0.717, 1.165) is 17.5 Å². The van der Waals surface area contributed by atoms with Gasteiger partial charge in [-0.3, -0.25) is 9.59 Å². The maximum absolute atomic E-state index is 14.5. The van der Waals surface area contributed by atoms with E-state index in [1.807, 2.05) is 43.3 Å². The van der Waals surface area contributed by atoms with Crippen LogP contribution in [0.1, 0.15) is 30.0 Å². The lowest BCUT2D eigenvalue weighted by Gasteiger charge is -2.32. The van der Waals surface area contributed by atoms with Gasteiger partial charge in [-0.15, -0.1) is 0 Å². The van der Waals surface area contributed by atoms with Gasteiger partial charge in [0.1, 0.15) is 11.9 Å². The van der Waals surface area contributed by atoms with Crippen molar-refractivity contribution in [1.82, 2.24) is 10.2 Å². The third-order valence-corrected chi connectivity index (χ3v) is 6.04. The molecule has 1 atom stereocenters. The van der Waals surface area contributed by atoms with Crippen molar-refractivity contribution in [3.8, 4) is 0 Å². The minimum atomic E-state index is -0.800. The van der Waals surface area contributed by atoms with Crippen LogP contribution >= 0.6 is 23.2 Å². The average molecular weight is 501 g/mol. The van der Waals surface area contributed by atoms with Crippen molar-refractivity contribution in [2.45, 2.75) is 38.8 Å². The van der Waals surface area contributed by atoms with Crippen molar-refractivity contribution in [2.24, 2.45) is 0 Å². The van der Waals surface area contributed by atoms with Gasteiger partial charge in [-0.05, 0) is 41.8 Å². The number of amides is 2. The third kappa shape index (κ3) is 7.05. The summed E-state index contributed by atoms with van der Waals surface area (Å²) in [5.41, 5.74) is 1.78. The maximum Gasteiger partial charge on any atom is 0.243 e. The number of hydrogen-bond donors (Lipinski definition) is 1. The number of hydrogen-bond acceptors (Lipinski definition) is 2. The van der Waals surface area contributed by atoms with Crippen molar-refractivity contribution in [3.05, 3.63) is 105 Å². The summed E-state index contributed by atoms with van der Waals surface area (Å²) in [6.45, 7) is 2.59. The molecule has 0 aliphatic heterocycles. The van der Waals surface area contributed by atoms with Gasteiger partial charge >= 0.3 is 0 Å². The van der Waals surface area contributed by atoms with Crippen molar-refractivity contribution < 1.29 is 14.0 Å². The Hall–Kier alpha value is -2.89. The van der Waals surface area contributed by atoms with Crippen LogP contribution in [0.25, 0.3) is 0 Å². The highest BCUT2D eigenvalue weighted by molar-refractivity contribution is 6.31. The number of nitrogens with one attached hydrogen (secondary N) is 1. The van der Waals surface area contributed by atoms with E-state index in [-0.39, 0.29) is 29.5 Å². The van der Waals surface area contributed by atoms with Crippen LogP contribution in [-0.4, -0.2) is 29.3 Å². The van der Waals surface area contributed by atoms with Crippen molar-refractivity contribution in [2.75, 3.05) is 6.54 Å². The summed E-state index contributed by atoms with van der Waals surface area (Å²) in [5, 5.41) is 3.61. The number of carbonyl (C=O) groups excluding carboxylic acids is 2. The van der Waals surface area contributed by atoms with Crippen LogP contribution < -0.4 is 5.32 Å². The zero-order valence-electron chi connectivity index (χ0n) is 18.9. The lowest BCUT2D eigenvalue weighted by molar-refractivity contribution is -0.140. The minimum Gasteiger partial charge on any atom is -0.354 e. The molecule has 1 N–H and O–H groups in total. The Morgan fingerprint density at radius 2 is 1.68 bits per heavy atom. The number of halogens is 3. The molecule has 2 amide bonds. The molecule has 0 saturated heterocycles. The number of benzene rings is 3. The van der Waals surface area contributed by atoms with Gasteiger partial charge in [-0.25, -0.2) is 4.39 Å². The Morgan fingerprint density at radius 1 is 0.971 bits per heavy atom. The first-order valence-electron chi connectivity index (χ1n) is 11.2. The summed E-state index contributed by atoms with van der Waals surface area (Å²) < 4.78 is 14.5. The van der Waals surface area contributed by atoms with Crippen LogP contribution in [-0.2, 0) is 29.0 Å². The van der Waals surface area contributed by atoms with Crippen LogP contribution in [0, 0.1) is 5.82 Å². The van der Waals surface area contributed by atoms with Crippen LogP contribution in [0.5, 0.6) is 0 Å². The molecule has 0 aromatic heterocycles. The highest BCUT2D eigenvalue weighted by Crippen LogP contribution is 2.23. The standard InChI is InChI=1S/C27H27Cl2FN2O2/c1-2-14-31-27(34)25(16-19-8-4-3-5-9-19)32(18-20-10-6-11-21(28)15-20)26(33)17-22-23(29)12-7-13-24(22)30/h3-13,15,25H,2,14,16-18H2,1H3,(H,31,34)/t25-/m1/s1. The molecule has 0 bridgehead atoms. The van der Waals surface area contributed by atoms with Gasteiger partial charge in [0, 0.05) is 35.1 Å². The predicted molar refractivity (Wildman–Crippen MR) is 134 cm³/mol. The Bertz CT molecular complexity index is 1100. The zero-order valence-corrected chi connectivity index (χ0v) is 20.5. The second-order valence-corrected chi connectivity index (χ2v) is 8.87. The second kappa shape index (κ2) is 12.5. The van der Waals surface area contributed by atoms with Crippen molar-refractivity contribution in [1.29, 1.82) is 0 Å². The fraction of sp³-hybridized carbons (Fsp3) is 0.259. The van der Waals surface area contributed by atoms with E-state index in [9.17, 15) is 14.0 Å². The molecule has 3 aromatic rings. The molecule has 0 spiro atoms. The fourth-order valence-electron chi connectivity index (χ4n) is 3.71. The minimum absolute atomic E-state index is 0.109. The molecule has 0 aliphatic rings. The molecule has 3 aromatic carbocycles. The average Bonchev–Trinajstić information content (AvgIpc) is 2.82. The molecule has 7 heteroatoms. The van der Waals surface area contributed by atoms with Crippen molar-refractivity contribution >= 4 is 35.0 Å². The van der Waals surface area contributed by atoms with Crippen LogP contribution in [0.2, 0.25) is 10.0 Å². The van der Waals surface area contributed by atoms with Gasteiger partial charge in [0.2, 0.25) is 11.8 Å². The molecule has 0 radical (unpaired) electrons. The molecular weight excluding hydrogens is 474 g/mol. The SMILES string of the molecule is CCCNC(=O)[C@@H](Cc1ccccc1)N(Cc1cccc(Cl)c1)C(=O)Cc1c(F)cccc1Cl. The maximum atomic E-state index is 14.5. The molecule has 0 unspecified atom stereocenters. The van der Waals surface area contributed by atoms with E-state index in [4.69, 9.17) is 23.2 Å². The van der Waals surface area contributed by atoms with E-state index < -0.39 is 17.8 Å². The van der Waals surface area contributed by atoms with Gasteiger partial charge in [-0.2, -0.15) is 0 Å². The van der Waals surface area contributed by atoms with Gasteiger partial charge in [0.05, 0.1) is 6.42 Å². The van der Waals surface area contributed by atoms with Crippen LogP contribution in [0.3, 0.4) is 0 Å². The Kier molecular flexibility index (Phi) is 9.49. The Balaban J connectivity index is 1.99. The van der Waals surface area contributed by atoms with Crippen LogP contribution in [0.15, 0.2) is 72.8 Å². The summed E-state index contributed by atoms with van der Waals surface area (Å²) in [6.07, 6.45) is 0.809. The highest BCUT2D eigenvalue weighted by Gasteiger charge is 2.31. The molecule has 0 aliphatic carbocycles. The molecule has 34 heavy (non-hydrogen) atoms. The van der Waals surface area contributed by atoms with E-state index in [1.54, 1.807) is 24.3 Å². The summed E-state index contributed by atoms with van der Waals surface area (Å²) >= 11 is 12.4. The monoisotopic (exact) mass is 500 g/mol. The highest BCUT2D eigenvalue weighted by atomic mass is 35.5. The molecule has 4 nitrogen and oxygen atoms in total. The second-order valence-electron chi connectivity index (χ2n) is 8.03. The van der Waals surface area contributed by atoms with Crippen LogP contribution in [0.4, 0.5) is 4.39 Å². The summed E-state index contributed by atoms with van der Waals surface area (Å²) in [7, 11) is 0. The fourth-order valence-corrected chi connectivity index (χ4v) is 4.15. The van der Waals surface area contributed by atoms with Gasteiger partial charge in [0.15, 0.2) is 0 Å². The van der Waals surface area contributed by atoms with Gasteiger partial charge in [0.25, 0.3) is 0 Å². The first-order chi connectivity index (χ1) is 16.4. The quantitative estimate of drug-likeness (QED) is 0.380. The first-order valence-corrected chi connectivity index (χ1v) is 11.9. The largest absolute Gasteiger partial charge is 0.354 e. The molecule has 178 valence electrons. The Morgan fingerprint density at radius 3 is 2.35 bits per heavy atom. The third-order valence-electron chi connectivity index (χ3n) is 5.45. The molecule has 0 heterocycles. The normalized spacial score (nSPS) is 11.6. The summed E-state index contributed by atoms with van der Waals surface area (Å²) in [4.78, 5) is 28.4. The van der Waals surface area contributed by atoms with E-state index in [0.29, 0.717) is 18.0 Å². The van der Waals surface area contributed by atoms with Gasteiger partial charge < -0.3 is 10.2 Å². The van der Waals surface area contributed by atoms with E-state index in [2.05, 4.69) is 5.32 Å². The summed E-state index contributed by atoms with van der Waals surface area (Å²) in [5.74, 6) is -1.22. The number of rotatable bonds is 10. The van der Waals surface area contributed by atoms with E-state index in [1.165, 1.54) is 17.0 Å². The van der Waals surface area contributed by atoms with Gasteiger partial charge in [-0.1, -0.05) is 78.7 Å². The lowest BCUT2D eigenvalue weighted by atomic mass is 10.0. The summed E-state index contributed by atoms with van der Waals surface area (Å²) in [6, 6.07) is 20.1. The first kappa shape index (κ1) is 25.7.